The van der Waals surface area contributed by atoms with Crippen molar-refractivity contribution in [2.45, 2.75) is 97.8 Å². The number of carbonyl (C=O) groups is 6. The van der Waals surface area contributed by atoms with Crippen molar-refractivity contribution in [3.63, 3.8) is 0 Å². The number of hydrogen-bond donors (Lipinski definition) is 4. The number of allylic oxidation sites excluding steroid dienone is 1. The van der Waals surface area contributed by atoms with E-state index >= 15 is 0 Å². The Balaban J connectivity index is 1.89. The highest BCUT2D eigenvalue weighted by Gasteiger charge is 2.58. The van der Waals surface area contributed by atoms with Crippen LogP contribution in [-0.4, -0.2) is 76.9 Å². The van der Waals surface area contributed by atoms with E-state index in [4.69, 9.17) is 5.73 Å². The predicted molar refractivity (Wildman–Crippen MR) is 176 cm³/mol. The van der Waals surface area contributed by atoms with Gasteiger partial charge in [0.25, 0.3) is 11.8 Å². The molecule has 2 unspecified atom stereocenters. The van der Waals surface area contributed by atoms with Crippen LogP contribution in [0.2, 0.25) is 0 Å². The maximum absolute atomic E-state index is 14.3. The molecule has 48 heavy (non-hydrogen) atoms. The lowest BCUT2D eigenvalue weighted by Gasteiger charge is -2.36. The second kappa shape index (κ2) is 14.5. The molecule has 13 heteroatoms. The van der Waals surface area contributed by atoms with Crippen LogP contribution < -0.4 is 21.7 Å². The van der Waals surface area contributed by atoms with E-state index in [1.165, 1.54) is 4.90 Å². The number of alkyl halides is 2. The number of benzene rings is 1. The summed E-state index contributed by atoms with van der Waals surface area (Å²) in [5.41, 5.74) is 4.17. The van der Waals surface area contributed by atoms with Crippen molar-refractivity contribution < 1.29 is 37.5 Å². The summed E-state index contributed by atoms with van der Waals surface area (Å²) >= 11 is 0. The van der Waals surface area contributed by atoms with Gasteiger partial charge in [-0.15, -0.1) is 6.58 Å². The fraction of sp³-hybridized carbons (Fsp3) is 0.600. The second-order valence-corrected chi connectivity index (χ2v) is 15.0. The van der Waals surface area contributed by atoms with Gasteiger partial charge >= 0.3 is 6.03 Å². The summed E-state index contributed by atoms with van der Waals surface area (Å²) in [5, 5.41) is 7.87. The van der Waals surface area contributed by atoms with Crippen LogP contribution in [-0.2, 0) is 19.2 Å². The maximum atomic E-state index is 14.3. The first-order valence-electron chi connectivity index (χ1n) is 16.2. The topological polar surface area (TPSA) is 168 Å². The summed E-state index contributed by atoms with van der Waals surface area (Å²) in [6.45, 7) is 16.5. The minimum atomic E-state index is -3.01. The van der Waals surface area contributed by atoms with Crippen LogP contribution in [0.15, 0.2) is 43.0 Å². The number of primary amides is 1. The fourth-order valence-electron chi connectivity index (χ4n) is 5.96. The van der Waals surface area contributed by atoms with Crippen molar-refractivity contribution in [3.8, 4) is 0 Å². The molecule has 0 spiro atoms. The van der Waals surface area contributed by atoms with Gasteiger partial charge in [-0.3, -0.25) is 24.0 Å². The van der Waals surface area contributed by atoms with Crippen molar-refractivity contribution in [2.75, 3.05) is 6.54 Å². The van der Waals surface area contributed by atoms with Crippen molar-refractivity contribution in [2.24, 2.45) is 34.3 Å². The monoisotopic (exact) mass is 673 g/mol. The first kappa shape index (κ1) is 38.3. The minimum absolute atomic E-state index is 0.0854. The number of carbonyl (C=O) groups excluding carboxylic acids is 6. The van der Waals surface area contributed by atoms with E-state index in [9.17, 15) is 37.5 Å². The highest BCUT2D eigenvalue weighted by Crippen LogP contribution is 2.51. The van der Waals surface area contributed by atoms with E-state index in [0.717, 1.165) is 0 Å². The third-order valence-electron chi connectivity index (χ3n) is 9.50. The molecule has 5 amide bonds. The van der Waals surface area contributed by atoms with E-state index in [2.05, 4.69) is 22.5 Å². The number of hydrogen-bond acceptors (Lipinski definition) is 6. The van der Waals surface area contributed by atoms with Crippen LogP contribution in [0.4, 0.5) is 13.6 Å². The smallest absolute Gasteiger partial charge is 0.316 e. The normalized spacial score (nSPS) is 22.2. The van der Waals surface area contributed by atoms with Crippen LogP contribution in [0.25, 0.3) is 0 Å². The maximum Gasteiger partial charge on any atom is 0.316 e. The lowest BCUT2D eigenvalue weighted by molar-refractivity contribution is -0.143. The van der Waals surface area contributed by atoms with E-state index < -0.39 is 89.2 Å². The third-order valence-corrected chi connectivity index (χ3v) is 9.50. The molecule has 264 valence electrons. The summed E-state index contributed by atoms with van der Waals surface area (Å²) in [6, 6.07) is 2.92. The molecule has 3 rings (SSSR count). The number of urea groups is 1. The molecule has 1 aliphatic heterocycles. The van der Waals surface area contributed by atoms with Crippen molar-refractivity contribution in [1.29, 1.82) is 0 Å². The van der Waals surface area contributed by atoms with Gasteiger partial charge in [0.15, 0.2) is 5.78 Å². The molecular formula is C35H49F2N5O6. The van der Waals surface area contributed by atoms with E-state index in [1.807, 2.05) is 13.8 Å². The number of nitrogens with one attached hydrogen (secondary N) is 3. The Kier molecular flexibility index (Phi) is 11.6. The van der Waals surface area contributed by atoms with Gasteiger partial charge in [0.1, 0.15) is 12.1 Å². The first-order chi connectivity index (χ1) is 22.1. The number of halogens is 2. The molecule has 6 atom stereocenters. The SMILES string of the molecule is C=CC(C)(C)[C@@H]1C[C@@H](C(=O)NC(CC2CC2(F)F)C(=O)C(N)=O)N(C(=O)[C@@H](NC(=O)N[C@H](C(=O)c2ccccc2)C(C)C)C(C)(C)C)C1. The van der Waals surface area contributed by atoms with Gasteiger partial charge in [0.2, 0.25) is 17.6 Å². The quantitative estimate of drug-likeness (QED) is 0.134. The zero-order valence-corrected chi connectivity index (χ0v) is 28.8. The molecule has 1 saturated heterocycles. The van der Waals surface area contributed by atoms with E-state index in [0.29, 0.717) is 5.56 Å². The number of rotatable bonds is 14. The molecule has 1 heterocycles. The van der Waals surface area contributed by atoms with Crippen molar-refractivity contribution in [3.05, 3.63) is 48.6 Å². The van der Waals surface area contributed by atoms with Gasteiger partial charge in [-0.25, -0.2) is 13.6 Å². The Morgan fingerprint density at radius 2 is 1.60 bits per heavy atom. The molecule has 1 aliphatic carbocycles. The first-order valence-corrected chi connectivity index (χ1v) is 16.2. The summed E-state index contributed by atoms with van der Waals surface area (Å²) in [6.07, 6.45) is 0.883. The van der Waals surface area contributed by atoms with Gasteiger partial charge < -0.3 is 26.6 Å². The average Bonchev–Trinajstić information content (AvgIpc) is 3.37. The Morgan fingerprint density at radius 1 is 1.02 bits per heavy atom. The van der Waals surface area contributed by atoms with Gasteiger partial charge in [0.05, 0.1) is 12.1 Å². The van der Waals surface area contributed by atoms with Gasteiger partial charge in [-0.05, 0) is 35.5 Å². The fourth-order valence-corrected chi connectivity index (χ4v) is 5.96. The number of amides is 5. The molecule has 1 aromatic carbocycles. The number of nitrogens with zero attached hydrogens (tertiary/aromatic N) is 1. The van der Waals surface area contributed by atoms with Crippen molar-refractivity contribution in [1.82, 2.24) is 20.9 Å². The minimum Gasteiger partial charge on any atom is -0.363 e. The molecule has 1 aromatic rings. The Bertz CT molecular complexity index is 1420. The highest BCUT2D eigenvalue weighted by atomic mass is 19.3. The summed E-state index contributed by atoms with van der Waals surface area (Å²) in [4.78, 5) is 80.4. The standard InChI is InChI=1S/C35H49F2N5O6/c1-9-34(7,8)22-16-24(30(46)39-23(27(44)29(38)45)15-21-17-35(21,36)37)42(18-22)31(47)28(33(4,5)6)41-32(48)40-25(19(2)3)26(43)20-13-11-10-12-14-20/h9-14,19,21-25,28H,1,15-18H2,2-8H3,(H2,38,45)(H,39,46)(H2,40,41,48)/t21?,22-,23?,24+,25+,28-/m1/s1. The lowest BCUT2D eigenvalue weighted by Crippen LogP contribution is -2.61. The van der Waals surface area contributed by atoms with Gasteiger partial charge in [0, 0.05) is 24.4 Å². The van der Waals surface area contributed by atoms with Gasteiger partial charge in [-0.1, -0.05) is 84.9 Å². The molecule has 5 N–H and O–H groups in total. The van der Waals surface area contributed by atoms with E-state index in [-0.39, 0.29) is 30.6 Å². The molecule has 2 fully saturated rings. The lowest BCUT2D eigenvalue weighted by atomic mass is 9.77. The second-order valence-electron chi connectivity index (χ2n) is 15.0. The zero-order chi connectivity index (χ0) is 36.4. The zero-order valence-electron chi connectivity index (χ0n) is 28.8. The van der Waals surface area contributed by atoms with Crippen LogP contribution in [0.5, 0.6) is 0 Å². The number of nitrogens with two attached hydrogens (primary N) is 1. The van der Waals surface area contributed by atoms with E-state index in [1.54, 1.807) is 71.0 Å². The van der Waals surface area contributed by atoms with Crippen LogP contribution >= 0.6 is 0 Å². The van der Waals surface area contributed by atoms with Gasteiger partial charge in [-0.2, -0.15) is 0 Å². The molecule has 11 nitrogen and oxygen atoms in total. The average molecular weight is 674 g/mol. The molecule has 0 radical (unpaired) electrons. The van der Waals surface area contributed by atoms with Crippen LogP contribution in [0.1, 0.15) is 78.1 Å². The summed E-state index contributed by atoms with van der Waals surface area (Å²) < 4.78 is 27.5. The molecular weight excluding hydrogens is 624 g/mol. The summed E-state index contributed by atoms with van der Waals surface area (Å²) in [5.74, 6) is -9.05. The van der Waals surface area contributed by atoms with Crippen LogP contribution in [0.3, 0.4) is 0 Å². The van der Waals surface area contributed by atoms with Crippen molar-refractivity contribution >= 4 is 35.3 Å². The number of likely N-dealkylation sites (tertiary alicyclic amines) is 1. The Hall–Kier alpha value is -4.16. The summed E-state index contributed by atoms with van der Waals surface area (Å²) in [7, 11) is 0. The molecule has 0 bridgehead atoms. The third kappa shape index (κ3) is 9.04. The Labute approximate surface area is 280 Å². The van der Waals surface area contributed by atoms with Crippen LogP contribution in [0, 0.1) is 28.6 Å². The molecule has 2 aliphatic rings. The molecule has 1 saturated carbocycles. The Morgan fingerprint density at radius 3 is 2.08 bits per heavy atom. The number of Topliss-reactive ketones (excluding diaryl/α,β-unsaturated/α-hetero) is 2. The largest absolute Gasteiger partial charge is 0.363 e. The molecule has 0 aromatic heterocycles. The number of ketones is 2. The predicted octanol–water partition coefficient (Wildman–Crippen LogP) is 3.62. The highest BCUT2D eigenvalue weighted by molar-refractivity contribution is 6.37.